The van der Waals surface area contributed by atoms with Gasteiger partial charge in [0.15, 0.2) is 0 Å². The van der Waals surface area contributed by atoms with Crippen LogP contribution in [0.5, 0.6) is 0 Å². The highest BCUT2D eigenvalue weighted by molar-refractivity contribution is 7.89. The lowest BCUT2D eigenvalue weighted by Gasteiger charge is -2.30. The van der Waals surface area contributed by atoms with Crippen molar-refractivity contribution in [2.75, 3.05) is 7.05 Å². The summed E-state index contributed by atoms with van der Waals surface area (Å²) in [7, 11) is -1.70. The summed E-state index contributed by atoms with van der Waals surface area (Å²) in [4.78, 5) is 1.18. The van der Waals surface area contributed by atoms with Gasteiger partial charge in [-0.05, 0) is 30.7 Å². The average Bonchev–Trinajstić information content (AvgIpc) is 2.80. The first-order chi connectivity index (χ1) is 8.98. The molecular weight excluding hydrogens is 302 g/mol. The van der Waals surface area contributed by atoms with Gasteiger partial charge in [-0.15, -0.1) is 22.9 Å². The molecule has 19 heavy (non-hydrogen) atoms. The van der Waals surface area contributed by atoms with Crippen LogP contribution in [0.3, 0.4) is 0 Å². The fourth-order valence-corrected chi connectivity index (χ4v) is 6.13. The molecule has 0 spiro atoms. The van der Waals surface area contributed by atoms with E-state index < -0.39 is 10.0 Å². The maximum atomic E-state index is 12.8. The van der Waals surface area contributed by atoms with E-state index in [9.17, 15) is 8.42 Å². The minimum Gasteiger partial charge on any atom is -0.207 e. The summed E-state index contributed by atoms with van der Waals surface area (Å²) in [6.07, 6.45) is 5.39. The number of nitrogens with zero attached hydrogens (tertiary/aromatic N) is 1. The van der Waals surface area contributed by atoms with Gasteiger partial charge in [-0.25, -0.2) is 8.42 Å². The number of halogens is 1. The second-order valence-corrected chi connectivity index (χ2v) is 8.28. The summed E-state index contributed by atoms with van der Waals surface area (Å²) in [5, 5.41) is 1.87. The van der Waals surface area contributed by atoms with Crippen LogP contribution in [0.2, 0.25) is 0 Å². The van der Waals surface area contributed by atoms with Crippen LogP contribution < -0.4 is 0 Å². The minimum atomic E-state index is -3.41. The third-order valence-electron chi connectivity index (χ3n) is 3.84. The Morgan fingerprint density at radius 1 is 1.37 bits per heavy atom. The van der Waals surface area contributed by atoms with Gasteiger partial charge in [0, 0.05) is 18.0 Å². The second-order valence-electron chi connectivity index (χ2n) is 5.12. The molecule has 0 bridgehead atoms. The average molecular weight is 322 g/mol. The van der Waals surface area contributed by atoms with Gasteiger partial charge in [0.1, 0.15) is 4.90 Å². The van der Waals surface area contributed by atoms with Gasteiger partial charge in [-0.3, -0.25) is 0 Å². The van der Waals surface area contributed by atoms with E-state index >= 15 is 0 Å². The van der Waals surface area contributed by atoms with Gasteiger partial charge in [0.05, 0.1) is 5.88 Å². The zero-order valence-electron chi connectivity index (χ0n) is 11.4. The third-order valence-corrected chi connectivity index (χ3v) is 7.64. The summed E-state index contributed by atoms with van der Waals surface area (Å²) >= 11 is 7.30. The van der Waals surface area contributed by atoms with E-state index in [1.165, 1.54) is 17.8 Å². The van der Waals surface area contributed by atoms with Crippen molar-refractivity contribution in [2.24, 2.45) is 0 Å². The summed E-state index contributed by atoms with van der Waals surface area (Å²) < 4.78 is 27.1. The largest absolute Gasteiger partial charge is 0.244 e. The third kappa shape index (κ3) is 2.99. The lowest BCUT2D eigenvalue weighted by atomic mass is 9.96. The Hall–Kier alpha value is -0.100. The van der Waals surface area contributed by atoms with Gasteiger partial charge < -0.3 is 0 Å². The van der Waals surface area contributed by atoms with Gasteiger partial charge in [-0.2, -0.15) is 4.31 Å². The van der Waals surface area contributed by atoms with Gasteiger partial charge in [0.2, 0.25) is 10.0 Å². The van der Waals surface area contributed by atoms with Crippen molar-refractivity contribution < 1.29 is 8.42 Å². The Kier molecular flexibility index (Phi) is 4.93. The fourth-order valence-electron chi connectivity index (χ4n) is 2.71. The van der Waals surface area contributed by atoms with Crippen LogP contribution in [0.4, 0.5) is 0 Å². The molecule has 1 aliphatic rings. The SMILES string of the molecule is Cc1csc(CCl)c1S(=O)(=O)N(C)C1CCCCC1. The van der Waals surface area contributed by atoms with E-state index in [4.69, 9.17) is 11.6 Å². The molecule has 0 N–H and O–H groups in total. The highest BCUT2D eigenvalue weighted by atomic mass is 35.5. The van der Waals surface area contributed by atoms with E-state index in [-0.39, 0.29) is 11.9 Å². The number of alkyl halides is 1. The number of hydrogen-bond donors (Lipinski definition) is 0. The normalized spacial score (nSPS) is 18.1. The number of thiophene rings is 1. The second kappa shape index (κ2) is 6.12. The standard InChI is InChI=1S/C13H20ClNO2S2/c1-10-9-18-12(8-14)13(10)19(16,17)15(2)11-6-4-3-5-7-11/h9,11H,3-8H2,1-2H3. The maximum absolute atomic E-state index is 12.8. The molecule has 2 rings (SSSR count). The van der Waals surface area contributed by atoms with Crippen molar-refractivity contribution >= 4 is 33.0 Å². The predicted octanol–water partition coefficient (Wildman–Crippen LogP) is 3.75. The Balaban J connectivity index is 2.33. The van der Waals surface area contributed by atoms with Crippen LogP contribution in [-0.4, -0.2) is 25.8 Å². The first kappa shape index (κ1) is 15.3. The molecule has 1 aromatic heterocycles. The van der Waals surface area contributed by atoms with Crippen molar-refractivity contribution in [1.82, 2.24) is 4.31 Å². The van der Waals surface area contributed by atoms with E-state index in [0.29, 0.717) is 4.90 Å². The zero-order chi connectivity index (χ0) is 14.0. The van der Waals surface area contributed by atoms with Crippen LogP contribution in [0.1, 0.15) is 42.5 Å². The molecule has 0 atom stereocenters. The van der Waals surface area contributed by atoms with Gasteiger partial charge >= 0.3 is 0 Å². The molecule has 1 aliphatic carbocycles. The zero-order valence-corrected chi connectivity index (χ0v) is 13.7. The monoisotopic (exact) mass is 321 g/mol. The molecule has 1 saturated carbocycles. The van der Waals surface area contributed by atoms with Crippen LogP contribution in [0.15, 0.2) is 10.3 Å². The molecule has 0 radical (unpaired) electrons. The predicted molar refractivity (Wildman–Crippen MR) is 80.4 cm³/mol. The molecule has 1 fully saturated rings. The smallest absolute Gasteiger partial charge is 0.207 e. The maximum Gasteiger partial charge on any atom is 0.244 e. The van der Waals surface area contributed by atoms with Gasteiger partial charge in [0.25, 0.3) is 0 Å². The summed E-state index contributed by atoms with van der Waals surface area (Å²) in [6, 6.07) is 0.140. The van der Waals surface area contributed by atoms with Crippen LogP contribution in [-0.2, 0) is 15.9 Å². The number of rotatable bonds is 4. The first-order valence-corrected chi connectivity index (χ1v) is 9.45. The molecular formula is C13H20ClNO2S2. The minimum absolute atomic E-state index is 0.140. The topological polar surface area (TPSA) is 37.4 Å². The molecule has 3 nitrogen and oxygen atoms in total. The van der Waals surface area contributed by atoms with Gasteiger partial charge in [-0.1, -0.05) is 19.3 Å². The molecule has 0 unspecified atom stereocenters. The van der Waals surface area contributed by atoms with Crippen molar-refractivity contribution in [1.29, 1.82) is 0 Å². The number of hydrogen-bond acceptors (Lipinski definition) is 3. The van der Waals surface area contributed by atoms with Crippen molar-refractivity contribution in [3.63, 3.8) is 0 Å². The molecule has 6 heteroatoms. The fraction of sp³-hybridized carbons (Fsp3) is 0.692. The molecule has 0 aromatic carbocycles. The Labute approximate surface area is 124 Å². The highest BCUT2D eigenvalue weighted by Gasteiger charge is 2.32. The molecule has 1 heterocycles. The summed E-state index contributed by atoms with van der Waals surface area (Å²) in [5.41, 5.74) is 0.809. The summed E-state index contributed by atoms with van der Waals surface area (Å²) in [5.74, 6) is 0.256. The van der Waals surface area contributed by atoms with Crippen LogP contribution >= 0.6 is 22.9 Å². The number of aryl methyl sites for hydroxylation is 1. The molecule has 0 saturated heterocycles. The van der Waals surface area contributed by atoms with Crippen molar-refractivity contribution in [2.45, 2.75) is 55.8 Å². The lowest BCUT2D eigenvalue weighted by Crippen LogP contribution is -2.38. The Morgan fingerprint density at radius 3 is 2.58 bits per heavy atom. The number of sulfonamides is 1. The quantitative estimate of drug-likeness (QED) is 0.792. The molecule has 1 aromatic rings. The Bertz CT molecular complexity index is 533. The van der Waals surface area contributed by atoms with Crippen molar-refractivity contribution in [3.05, 3.63) is 15.8 Å². The lowest BCUT2D eigenvalue weighted by molar-refractivity contribution is 0.285. The molecule has 108 valence electrons. The Morgan fingerprint density at radius 2 is 2.00 bits per heavy atom. The summed E-state index contributed by atoms with van der Waals surface area (Å²) in [6.45, 7) is 1.84. The van der Waals surface area contributed by atoms with E-state index in [2.05, 4.69) is 0 Å². The van der Waals surface area contributed by atoms with E-state index in [1.54, 1.807) is 11.4 Å². The van der Waals surface area contributed by atoms with E-state index in [0.717, 1.165) is 36.1 Å². The van der Waals surface area contributed by atoms with E-state index in [1.807, 2.05) is 12.3 Å². The molecule has 0 aliphatic heterocycles. The van der Waals surface area contributed by atoms with Crippen molar-refractivity contribution in [3.8, 4) is 0 Å². The van der Waals surface area contributed by atoms with Crippen LogP contribution in [0, 0.1) is 6.92 Å². The highest BCUT2D eigenvalue weighted by Crippen LogP contribution is 2.33. The first-order valence-electron chi connectivity index (χ1n) is 6.59. The van der Waals surface area contributed by atoms with Crippen LogP contribution in [0.25, 0.3) is 0 Å². The molecule has 0 amide bonds.